The maximum absolute atomic E-state index is 5.84. The molecule has 0 spiro atoms. The molecule has 66 valence electrons. The third kappa shape index (κ3) is 1.45. The summed E-state index contributed by atoms with van der Waals surface area (Å²) >= 11 is 5.84. The summed E-state index contributed by atoms with van der Waals surface area (Å²) in [5.41, 5.74) is 7.65. The molecule has 0 radical (unpaired) electrons. The summed E-state index contributed by atoms with van der Waals surface area (Å²) < 4.78 is 0. The summed E-state index contributed by atoms with van der Waals surface area (Å²) in [6, 6.07) is 7.83. The topological polar surface area (TPSA) is 38.9 Å². The first-order valence-corrected chi connectivity index (χ1v) is 4.37. The van der Waals surface area contributed by atoms with Gasteiger partial charge in [-0.25, -0.2) is 4.98 Å². The highest BCUT2D eigenvalue weighted by Gasteiger charge is 2.00. The van der Waals surface area contributed by atoms with Gasteiger partial charge in [0.2, 0.25) is 0 Å². The third-order valence-electron chi connectivity index (χ3n) is 1.95. The number of fused-ring (bicyclic) bond motifs is 1. The predicted molar refractivity (Wildman–Crippen MR) is 55.9 cm³/mol. The Hall–Kier alpha value is -1.28. The molecule has 2 N–H and O–H groups in total. The third-order valence-corrected chi connectivity index (χ3v) is 2.26. The fourth-order valence-electron chi connectivity index (χ4n) is 1.27. The van der Waals surface area contributed by atoms with Crippen LogP contribution in [0, 0.1) is 6.92 Å². The molecule has 0 unspecified atom stereocenters. The van der Waals surface area contributed by atoms with Crippen LogP contribution >= 0.6 is 11.6 Å². The van der Waals surface area contributed by atoms with Gasteiger partial charge in [0.1, 0.15) is 5.82 Å². The molecule has 0 fully saturated rings. The number of hydrogen-bond acceptors (Lipinski definition) is 2. The zero-order valence-electron chi connectivity index (χ0n) is 7.21. The first-order valence-electron chi connectivity index (χ1n) is 3.99. The molecule has 2 rings (SSSR count). The van der Waals surface area contributed by atoms with Crippen molar-refractivity contribution in [3.05, 3.63) is 34.9 Å². The fraction of sp³-hybridized carbons (Fsp3) is 0.100. The van der Waals surface area contributed by atoms with E-state index < -0.39 is 0 Å². The summed E-state index contributed by atoms with van der Waals surface area (Å²) in [5.74, 6) is 0.389. The van der Waals surface area contributed by atoms with E-state index in [9.17, 15) is 0 Å². The van der Waals surface area contributed by atoms with Gasteiger partial charge in [0, 0.05) is 5.39 Å². The number of nitrogens with two attached hydrogens (primary N) is 1. The van der Waals surface area contributed by atoms with E-state index in [0.29, 0.717) is 10.8 Å². The highest BCUT2D eigenvalue weighted by molar-refractivity contribution is 6.33. The molecule has 0 aliphatic carbocycles. The number of pyridine rings is 1. The normalized spacial score (nSPS) is 10.6. The molecule has 0 atom stereocenters. The minimum absolute atomic E-state index is 0.389. The Bertz CT molecular complexity index is 466. The minimum atomic E-state index is 0.389. The van der Waals surface area contributed by atoms with Crippen molar-refractivity contribution in [2.75, 3.05) is 5.73 Å². The van der Waals surface area contributed by atoms with Gasteiger partial charge in [-0.1, -0.05) is 23.7 Å². The van der Waals surface area contributed by atoms with Crippen LogP contribution in [0.1, 0.15) is 5.56 Å². The van der Waals surface area contributed by atoms with Gasteiger partial charge in [-0.2, -0.15) is 0 Å². The van der Waals surface area contributed by atoms with Crippen LogP contribution in [-0.4, -0.2) is 4.98 Å². The Labute approximate surface area is 81.3 Å². The maximum Gasteiger partial charge on any atom is 0.142 e. The first-order chi connectivity index (χ1) is 6.16. The molecule has 0 aliphatic rings. The van der Waals surface area contributed by atoms with E-state index in [2.05, 4.69) is 4.98 Å². The number of aryl methyl sites for hydroxylation is 1. The number of rotatable bonds is 0. The SMILES string of the molecule is Cc1ccc2cc(Cl)c(N)nc2c1. The van der Waals surface area contributed by atoms with E-state index >= 15 is 0 Å². The van der Waals surface area contributed by atoms with Crippen molar-refractivity contribution in [3.8, 4) is 0 Å². The maximum atomic E-state index is 5.84. The predicted octanol–water partition coefficient (Wildman–Crippen LogP) is 2.78. The number of aromatic nitrogens is 1. The van der Waals surface area contributed by atoms with Gasteiger partial charge in [0.25, 0.3) is 0 Å². The number of hydrogen-bond donors (Lipinski definition) is 1. The fourth-order valence-corrected chi connectivity index (χ4v) is 1.43. The Balaban J connectivity index is 2.81. The van der Waals surface area contributed by atoms with Gasteiger partial charge in [-0.05, 0) is 24.6 Å². The molecule has 0 aliphatic heterocycles. The summed E-state index contributed by atoms with van der Waals surface area (Å²) in [6.45, 7) is 2.02. The largest absolute Gasteiger partial charge is 0.382 e. The summed E-state index contributed by atoms with van der Waals surface area (Å²) in [7, 11) is 0. The van der Waals surface area contributed by atoms with E-state index in [1.165, 1.54) is 5.56 Å². The van der Waals surface area contributed by atoms with Crippen LogP contribution in [0.2, 0.25) is 5.02 Å². The highest BCUT2D eigenvalue weighted by Crippen LogP contribution is 2.22. The first kappa shape index (κ1) is 8.32. The Morgan fingerprint density at radius 3 is 2.85 bits per heavy atom. The van der Waals surface area contributed by atoms with Crippen molar-refractivity contribution in [2.24, 2.45) is 0 Å². The van der Waals surface area contributed by atoms with Gasteiger partial charge in [-0.3, -0.25) is 0 Å². The van der Waals surface area contributed by atoms with E-state index in [1.807, 2.05) is 31.2 Å². The second-order valence-corrected chi connectivity index (χ2v) is 3.46. The number of benzene rings is 1. The molecule has 0 saturated heterocycles. The van der Waals surface area contributed by atoms with Gasteiger partial charge in [0.05, 0.1) is 10.5 Å². The summed E-state index contributed by atoms with van der Waals surface area (Å²) in [5, 5.41) is 1.53. The van der Waals surface area contributed by atoms with Crippen LogP contribution in [0.5, 0.6) is 0 Å². The Morgan fingerprint density at radius 1 is 1.31 bits per heavy atom. The average molecular weight is 193 g/mol. The average Bonchev–Trinajstić information content (AvgIpc) is 2.08. The second-order valence-electron chi connectivity index (χ2n) is 3.05. The standard InChI is InChI=1S/C10H9ClN2/c1-6-2-3-7-5-8(11)10(12)13-9(7)4-6/h2-5H,1H3,(H2,12,13). The Kier molecular flexibility index (Phi) is 1.85. The van der Waals surface area contributed by atoms with E-state index in [-0.39, 0.29) is 0 Å². The van der Waals surface area contributed by atoms with Crippen LogP contribution in [0.3, 0.4) is 0 Å². The van der Waals surface area contributed by atoms with Crippen molar-refractivity contribution in [1.29, 1.82) is 0 Å². The number of anilines is 1. The van der Waals surface area contributed by atoms with Crippen LogP contribution < -0.4 is 5.73 Å². The molecule has 1 aromatic carbocycles. The highest BCUT2D eigenvalue weighted by atomic mass is 35.5. The molecular formula is C10H9ClN2. The Morgan fingerprint density at radius 2 is 2.08 bits per heavy atom. The van der Waals surface area contributed by atoms with Gasteiger partial charge < -0.3 is 5.73 Å². The molecule has 2 nitrogen and oxygen atoms in total. The van der Waals surface area contributed by atoms with Gasteiger partial charge in [-0.15, -0.1) is 0 Å². The lowest BCUT2D eigenvalue weighted by molar-refractivity contribution is 1.39. The lowest BCUT2D eigenvalue weighted by Crippen LogP contribution is -1.91. The zero-order valence-corrected chi connectivity index (χ0v) is 7.97. The van der Waals surface area contributed by atoms with E-state index in [4.69, 9.17) is 17.3 Å². The van der Waals surface area contributed by atoms with Crippen molar-refractivity contribution in [3.63, 3.8) is 0 Å². The van der Waals surface area contributed by atoms with Crippen LogP contribution in [0.4, 0.5) is 5.82 Å². The monoisotopic (exact) mass is 192 g/mol. The number of nitrogens with zero attached hydrogens (tertiary/aromatic N) is 1. The van der Waals surface area contributed by atoms with Crippen molar-refractivity contribution in [2.45, 2.75) is 6.92 Å². The summed E-state index contributed by atoms with van der Waals surface area (Å²) in [4.78, 5) is 4.18. The molecule has 0 saturated carbocycles. The molecule has 0 bridgehead atoms. The molecule has 1 heterocycles. The lowest BCUT2D eigenvalue weighted by Gasteiger charge is -2.01. The van der Waals surface area contributed by atoms with Gasteiger partial charge >= 0.3 is 0 Å². The van der Waals surface area contributed by atoms with Crippen LogP contribution in [0.25, 0.3) is 10.9 Å². The summed E-state index contributed by atoms with van der Waals surface area (Å²) in [6.07, 6.45) is 0. The molecule has 2 aromatic rings. The molecule has 0 amide bonds. The quantitative estimate of drug-likeness (QED) is 0.697. The van der Waals surface area contributed by atoms with Crippen molar-refractivity contribution >= 4 is 28.3 Å². The lowest BCUT2D eigenvalue weighted by atomic mass is 10.1. The van der Waals surface area contributed by atoms with Crippen molar-refractivity contribution < 1.29 is 0 Å². The van der Waals surface area contributed by atoms with E-state index in [1.54, 1.807) is 0 Å². The molecule has 13 heavy (non-hydrogen) atoms. The molecule has 1 aromatic heterocycles. The van der Waals surface area contributed by atoms with Crippen LogP contribution in [-0.2, 0) is 0 Å². The number of halogens is 1. The number of nitrogen functional groups attached to an aromatic ring is 1. The molecular weight excluding hydrogens is 184 g/mol. The molecule has 3 heteroatoms. The minimum Gasteiger partial charge on any atom is -0.382 e. The second kappa shape index (κ2) is 2.89. The van der Waals surface area contributed by atoms with Crippen LogP contribution in [0.15, 0.2) is 24.3 Å². The van der Waals surface area contributed by atoms with Crippen molar-refractivity contribution in [1.82, 2.24) is 4.98 Å². The van der Waals surface area contributed by atoms with Gasteiger partial charge in [0.15, 0.2) is 0 Å². The smallest absolute Gasteiger partial charge is 0.142 e. The van der Waals surface area contributed by atoms with E-state index in [0.717, 1.165) is 10.9 Å². The zero-order chi connectivity index (χ0) is 9.42.